The number of anilines is 1. The molecule has 0 amide bonds. The standard InChI is InChI=1S/C17H15F2NO5S/c1-20(17-12(18)4-3-5-13(17)19)26(23,24)15-10-11(7-9-16(21)22)6-8-14(15)25-2/h3-10H,1-2H3,(H,21,22). The molecule has 138 valence electrons. The van der Waals surface area contributed by atoms with Crippen LogP contribution in [0.1, 0.15) is 5.56 Å². The molecule has 26 heavy (non-hydrogen) atoms. The first-order valence-corrected chi connectivity index (χ1v) is 8.64. The number of aliphatic carboxylic acids is 1. The van der Waals surface area contributed by atoms with Crippen molar-refractivity contribution >= 4 is 27.8 Å². The summed E-state index contributed by atoms with van der Waals surface area (Å²) in [5.74, 6) is -3.36. The second-order valence-electron chi connectivity index (χ2n) is 5.12. The first-order valence-electron chi connectivity index (χ1n) is 7.20. The zero-order chi connectivity index (χ0) is 19.5. The van der Waals surface area contributed by atoms with E-state index < -0.39 is 33.3 Å². The first-order chi connectivity index (χ1) is 12.2. The van der Waals surface area contributed by atoms with Gasteiger partial charge in [0.15, 0.2) is 11.6 Å². The van der Waals surface area contributed by atoms with Crippen LogP contribution in [0.2, 0.25) is 0 Å². The molecule has 0 aliphatic carbocycles. The second kappa shape index (κ2) is 7.52. The van der Waals surface area contributed by atoms with Crippen molar-refractivity contribution < 1.29 is 31.8 Å². The fraction of sp³-hybridized carbons (Fsp3) is 0.118. The molecule has 2 aromatic carbocycles. The molecule has 0 radical (unpaired) electrons. The maximum atomic E-state index is 14.0. The monoisotopic (exact) mass is 383 g/mol. The molecule has 0 spiro atoms. The van der Waals surface area contributed by atoms with E-state index >= 15 is 0 Å². The van der Waals surface area contributed by atoms with Crippen LogP contribution in [0.3, 0.4) is 0 Å². The van der Waals surface area contributed by atoms with Crippen molar-refractivity contribution in [3.63, 3.8) is 0 Å². The molecular formula is C17H15F2NO5S. The number of rotatable bonds is 6. The van der Waals surface area contributed by atoms with Gasteiger partial charge < -0.3 is 9.84 Å². The molecule has 1 N–H and O–H groups in total. The van der Waals surface area contributed by atoms with Gasteiger partial charge in [0.1, 0.15) is 16.3 Å². The molecule has 9 heteroatoms. The van der Waals surface area contributed by atoms with Crippen LogP contribution in [-0.4, -0.2) is 33.7 Å². The third-order valence-corrected chi connectivity index (χ3v) is 5.28. The van der Waals surface area contributed by atoms with Crippen LogP contribution in [0.25, 0.3) is 6.08 Å². The lowest BCUT2D eigenvalue weighted by atomic mass is 10.2. The third kappa shape index (κ3) is 3.83. The minimum Gasteiger partial charge on any atom is -0.495 e. The van der Waals surface area contributed by atoms with Crippen molar-refractivity contribution in [2.75, 3.05) is 18.5 Å². The molecule has 6 nitrogen and oxygen atoms in total. The molecule has 0 aromatic heterocycles. The number of para-hydroxylation sites is 1. The van der Waals surface area contributed by atoms with Crippen LogP contribution in [0.15, 0.2) is 47.4 Å². The van der Waals surface area contributed by atoms with Gasteiger partial charge in [-0.3, -0.25) is 4.31 Å². The van der Waals surface area contributed by atoms with E-state index in [0.29, 0.717) is 4.31 Å². The summed E-state index contributed by atoms with van der Waals surface area (Å²) >= 11 is 0. The Hall–Kier alpha value is -2.94. The van der Waals surface area contributed by atoms with Crippen LogP contribution in [0.4, 0.5) is 14.5 Å². The lowest BCUT2D eigenvalue weighted by molar-refractivity contribution is -0.131. The molecule has 0 aliphatic heterocycles. The number of benzene rings is 2. The van der Waals surface area contributed by atoms with Gasteiger partial charge >= 0.3 is 5.97 Å². The first kappa shape index (κ1) is 19.4. The second-order valence-corrected chi connectivity index (χ2v) is 7.06. The minimum atomic E-state index is -4.39. The van der Waals surface area contributed by atoms with Crippen molar-refractivity contribution in [1.82, 2.24) is 0 Å². The van der Waals surface area contributed by atoms with E-state index in [0.717, 1.165) is 37.4 Å². The topological polar surface area (TPSA) is 83.9 Å². The van der Waals surface area contributed by atoms with E-state index in [1.54, 1.807) is 0 Å². The molecule has 2 aromatic rings. The zero-order valence-corrected chi connectivity index (χ0v) is 14.6. The summed E-state index contributed by atoms with van der Waals surface area (Å²) in [6, 6.07) is 6.91. The van der Waals surface area contributed by atoms with Gasteiger partial charge in [-0.05, 0) is 35.9 Å². The third-order valence-electron chi connectivity index (χ3n) is 3.50. The highest BCUT2D eigenvalue weighted by Crippen LogP contribution is 2.32. The molecule has 0 atom stereocenters. The number of methoxy groups -OCH3 is 1. The van der Waals surface area contributed by atoms with Crippen LogP contribution in [-0.2, 0) is 14.8 Å². The van der Waals surface area contributed by atoms with Gasteiger partial charge in [0, 0.05) is 13.1 Å². The Bertz CT molecular complexity index is 953. The number of ether oxygens (including phenoxy) is 1. The largest absolute Gasteiger partial charge is 0.495 e. The lowest BCUT2D eigenvalue weighted by Crippen LogP contribution is -2.28. The smallest absolute Gasteiger partial charge is 0.328 e. The fourth-order valence-corrected chi connectivity index (χ4v) is 3.62. The van der Waals surface area contributed by atoms with Crippen LogP contribution >= 0.6 is 0 Å². The van der Waals surface area contributed by atoms with Crippen molar-refractivity contribution in [3.8, 4) is 5.75 Å². The molecule has 0 fully saturated rings. The Morgan fingerprint density at radius 2 is 1.81 bits per heavy atom. The fourth-order valence-electron chi connectivity index (χ4n) is 2.22. The summed E-state index contributed by atoms with van der Waals surface area (Å²) in [4.78, 5) is 10.3. The van der Waals surface area contributed by atoms with E-state index in [1.807, 2.05) is 0 Å². The summed E-state index contributed by atoms with van der Waals surface area (Å²) in [7, 11) is -2.14. The quantitative estimate of drug-likeness (QED) is 0.776. The number of sulfonamides is 1. The highest BCUT2D eigenvalue weighted by molar-refractivity contribution is 7.93. The van der Waals surface area contributed by atoms with E-state index in [-0.39, 0.29) is 16.2 Å². The Kier molecular flexibility index (Phi) is 5.61. The number of carboxylic acids is 1. The van der Waals surface area contributed by atoms with Gasteiger partial charge in [0.2, 0.25) is 0 Å². The van der Waals surface area contributed by atoms with Crippen molar-refractivity contribution in [2.45, 2.75) is 4.90 Å². The van der Waals surface area contributed by atoms with Crippen molar-refractivity contribution in [1.29, 1.82) is 0 Å². The lowest BCUT2D eigenvalue weighted by Gasteiger charge is -2.22. The van der Waals surface area contributed by atoms with Gasteiger partial charge in [0.25, 0.3) is 10.0 Å². The highest BCUT2D eigenvalue weighted by Gasteiger charge is 2.29. The average molecular weight is 383 g/mol. The molecule has 0 heterocycles. The Morgan fingerprint density at radius 1 is 1.19 bits per heavy atom. The summed E-state index contributed by atoms with van der Waals surface area (Å²) in [6.45, 7) is 0. The molecule has 0 unspecified atom stereocenters. The Balaban J connectivity index is 2.60. The van der Waals surface area contributed by atoms with E-state index in [4.69, 9.17) is 9.84 Å². The number of carboxylic acid groups (broad SMARTS) is 1. The SMILES string of the molecule is COc1ccc(C=CC(=O)O)cc1S(=O)(=O)N(C)c1c(F)cccc1F. The number of hydrogen-bond donors (Lipinski definition) is 1. The van der Waals surface area contributed by atoms with Crippen molar-refractivity contribution in [2.24, 2.45) is 0 Å². The summed E-state index contributed by atoms with van der Waals surface area (Å²) in [6.07, 6.45) is 2.02. The Labute approximate surface area is 149 Å². The molecule has 0 saturated carbocycles. The van der Waals surface area contributed by atoms with Crippen LogP contribution in [0.5, 0.6) is 5.75 Å². The van der Waals surface area contributed by atoms with Gasteiger partial charge in [-0.25, -0.2) is 22.0 Å². The summed E-state index contributed by atoms with van der Waals surface area (Å²) in [5.41, 5.74) is -0.477. The summed E-state index contributed by atoms with van der Waals surface area (Å²) in [5, 5.41) is 8.68. The van der Waals surface area contributed by atoms with E-state index in [2.05, 4.69) is 0 Å². The van der Waals surface area contributed by atoms with E-state index in [1.165, 1.54) is 25.3 Å². The van der Waals surface area contributed by atoms with Crippen LogP contribution < -0.4 is 9.04 Å². The van der Waals surface area contributed by atoms with Crippen LogP contribution in [0, 0.1) is 11.6 Å². The predicted octanol–water partition coefficient (Wildman–Crippen LogP) is 2.90. The average Bonchev–Trinajstić information content (AvgIpc) is 2.59. The molecule has 0 bridgehead atoms. The van der Waals surface area contributed by atoms with Gasteiger partial charge in [0.05, 0.1) is 7.11 Å². The molecule has 0 aliphatic rings. The van der Waals surface area contributed by atoms with Gasteiger partial charge in [-0.2, -0.15) is 0 Å². The Morgan fingerprint density at radius 3 is 2.35 bits per heavy atom. The predicted molar refractivity (Wildman–Crippen MR) is 91.6 cm³/mol. The number of hydrogen-bond acceptors (Lipinski definition) is 4. The molecular weight excluding hydrogens is 368 g/mol. The van der Waals surface area contributed by atoms with Gasteiger partial charge in [-0.1, -0.05) is 12.1 Å². The number of carbonyl (C=O) groups is 1. The maximum Gasteiger partial charge on any atom is 0.328 e. The maximum absolute atomic E-state index is 14.0. The highest BCUT2D eigenvalue weighted by atomic mass is 32.2. The van der Waals surface area contributed by atoms with Crippen molar-refractivity contribution in [3.05, 3.63) is 59.7 Å². The van der Waals surface area contributed by atoms with E-state index in [9.17, 15) is 22.0 Å². The van der Waals surface area contributed by atoms with Gasteiger partial charge in [-0.15, -0.1) is 0 Å². The normalized spacial score (nSPS) is 11.5. The summed E-state index contributed by atoms with van der Waals surface area (Å²) < 4.78 is 59.2. The number of nitrogens with zero attached hydrogens (tertiary/aromatic N) is 1. The zero-order valence-electron chi connectivity index (χ0n) is 13.8. The molecule has 0 saturated heterocycles. The minimum absolute atomic E-state index is 0.0546. The number of halogens is 2. The molecule has 2 rings (SSSR count).